The summed E-state index contributed by atoms with van der Waals surface area (Å²) in [4.78, 5) is 12.6. The summed E-state index contributed by atoms with van der Waals surface area (Å²) in [6.07, 6.45) is 0. The van der Waals surface area contributed by atoms with E-state index in [1.165, 1.54) is 24.9 Å². The molecule has 4 rings (SSSR count). The van der Waals surface area contributed by atoms with Gasteiger partial charge in [-0.1, -0.05) is 29.5 Å². The largest absolute Gasteiger partial charge is 0.504 e. The zero-order valence-electron chi connectivity index (χ0n) is 20.9. The van der Waals surface area contributed by atoms with Crippen molar-refractivity contribution in [3.8, 4) is 34.3 Å². The number of hydrogen-bond donors (Lipinski definition) is 2. The topological polar surface area (TPSA) is 111 Å². The summed E-state index contributed by atoms with van der Waals surface area (Å²) in [5.41, 5.74) is 6.75. The highest BCUT2D eigenvalue weighted by molar-refractivity contribution is 7.99. The lowest BCUT2D eigenvalue weighted by Crippen LogP contribution is -2.21. The van der Waals surface area contributed by atoms with Crippen LogP contribution in [0.4, 0.5) is 0 Å². The van der Waals surface area contributed by atoms with Crippen LogP contribution in [0, 0.1) is 6.92 Å². The molecule has 0 saturated carbocycles. The summed E-state index contributed by atoms with van der Waals surface area (Å²) in [6.45, 7) is 3.78. The van der Waals surface area contributed by atoms with Crippen molar-refractivity contribution < 1.29 is 19.4 Å². The lowest BCUT2D eigenvalue weighted by Gasteiger charge is -2.11. The Morgan fingerprint density at radius 1 is 1.03 bits per heavy atom. The van der Waals surface area contributed by atoms with Crippen LogP contribution in [0.5, 0.6) is 17.2 Å². The number of phenolic OH excluding ortho intramolecular Hbond substituents is 1. The molecule has 2 N–H and O–H groups in total. The van der Waals surface area contributed by atoms with E-state index in [4.69, 9.17) is 9.47 Å². The van der Waals surface area contributed by atoms with E-state index >= 15 is 0 Å². The molecule has 0 spiro atoms. The van der Waals surface area contributed by atoms with Gasteiger partial charge in [0.25, 0.3) is 5.91 Å². The van der Waals surface area contributed by atoms with E-state index in [9.17, 15) is 9.90 Å². The van der Waals surface area contributed by atoms with Crippen molar-refractivity contribution in [3.05, 3.63) is 77.9 Å². The van der Waals surface area contributed by atoms with Crippen LogP contribution in [0.15, 0.2) is 77.0 Å². The Bertz CT molecular complexity index is 1420. The Hall–Kier alpha value is -4.31. The number of hydrazone groups is 1. The highest BCUT2D eigenvalue weighted by atomic mass is 32.2. The summed E-state index contributed by atoms with van der Waals surface area (Å²) in [7, 11) is 3.09. The summed E-state index contributed by atoms with van der Waals surface area (Å²) >= 11 is 1.26. The minimum absolute atomic E-state index is 0.0335. The van der Waals surface area contributed by atoms with Crippen molar-refractivity contribution in [3.63, 3.8) is 0 Å². The van der Waals surface area contributed by atoms with Gasteiger partial charge in [0.15, 0.2) is 22.5 Å². The van der Waals surface area contributed by atoms with E-state index in [0.717, 1.165) is 22.6 Å². The maximum Gasteiger partial charge on any atom is 0.250 e. The van der Waals surface area contributed by atoms with E-state index in [1.54, 1.807) is 26.2 Å². The molecule has 10 heteroatoms. The zero-order chi connectivity index (χ0) is 26.4. The first-order valence-corrected chi connectivity index (χ1v) is 12.4. The molecule has 0 bridgehead atoms. The molecule has 0 aliphatic rings. The highest BCUT2D eigenvalue weighted by Gasteiger charge is 2.17. The van der Waals surface area contributed by atoms with Gasteiger partial charge in [0.05, 0.1) is 25.7 Å². The fourth-order valence-corrected chi connectivity index (χ4v) is 4.24. The van der Waals surface area contributed by atoms with Gasteiger partial charge in [-0.3, -0.25) is 9.36 Å². The summed E-state index contributed by atoms with van der Waals surface area (Å²) in [5.74, 6) is 1.56. The molecule has 1 aromatic heterocycles. The van der Waals surface area contributed by atoms with Crippen LogP contribution in [0.25, 0.3) is 17.1 Å². The molecule has 190 valence electrons. The number of methoxy groups -OCH3 is 2. The number of phenols is 1. The number of aromatic nitrogens is 3. The molecule has 9 nitrogen and oxygen atoms in total. The summed E-state index contributed by atoms with van der Waals surface area (Å²) in [6, 6.07) is 20.5. The molecule has 0 fully saturated rings. The number of ether oxygens (including phenoxy) is 2. The Labute approximate surface area is 219 Å². The lowest BCUT2D eigenvalue weighted by atomic mass is 10.1. The fourth-order valence-electron chi connectivity index (χ4n) is 3.49. The number of carbonyl (C=O) groups is 1. The zero-order valence-corrected chi connectivity index (χ0v) is 21.7. The Morgan fingerprint density at radius 3 is 2.43 bits per heavy atom. The number of thioether (sulfide) groups is 1. The molecule has 3 aromatic carbocycles. The average molecular weight is 518 g/mol. The molecule has 0 atom stereocenters. The maximum atomic E-state index is 12.6. The second kappa shape index (κ2) is 11.6. The van der Waals surface area contributed by atoms with E-state index in [-0.39, 0.29) is 17.4 Å². The molecule has 4 aromatic rings. The maximum absolute atomic E-state index is 12.6. The van der Waals surface area contributed by atoms with E-state index in [1.807, 2.05) is 60.0 Å². The van der Waals surface area contributed by atoms with Gasteiger partial charge in [0.1, 0.15) is 5.75 Å². The average Bonchev–Trinajstić information content (AvgIpc) is 3.35. The van der Waals surface area contributed by atoms with Crippen molar-refractivity contribution in [1.29, 1.82) is 0 Å². The number of amides is 1. The normalized spacial score (nSPS) is 11.3. The fraction of sp³-hybridized carbons (Fsp3) is 0.185. The first-order chi connectivity index (χ1) is 17.9. The number of aryl methyl sites for hydroxylation is 1. The van der Waals surface area contributed by atoms with Crippen LogP contribution in [0.3, 0.4) is 0 Å². The standard InChI is InChI=1S/C27H27N5O4S/c1-17-5-10-21(11-6-17)32-26(19-7-12-22(35-3)13-8-19)30-31-27(32)37-16-25(34)29-28-18(2)20-9-14-23(33)24(15-20)36-4/h5-15,33H,16H2,1-4H3,(H,29,34)/b28-18+. The quantitative estimate of drug-likeness (QED) is 0.190. The molecule has 37 heavy (non-hydrogen) atoms. The molecule has 0 aliphatic carbocycles. The van der Waals surface area contributed by atoms with Crippen LogP contribution in [0.2, 0.25) is 0 Å². The van der Waals surface area contributed by atoms with Crippen LogP contribution < -0.4 is 14.9 Å². The van der Waals surface area contributed by atoms with Crippen molar-refractivity contribution in [2.45, 2.75) is 19.0 Å². The minimum atomic E-state index is -0.292. The van der Waals surface area contributed by atoms with Gasteiger partial charge in [-0.25, -0.2) is 5.43 Å². The molecular formula is C27H27N5O4S. The van der Waals surface area contributed by atoms with Crippen molar-refractivity contribution >= 4 is 23.4 Å². The van der Waals surface area contributed by atoms with E-state index in [0.29, 0.717) is 28.0 Å². The van der Waals surface area contributed by atoms with E-state index < -0.39 is 0 Å². The predicted octanol–water partition coefficient (Wildman–Crippen LogP) is 4.60. The third-order valence-corrected chi connectivity index (χ3v) is 6.48. The number of benzene rings is 3. The van der Waals surface area contributed by atoms with Crippen LogP contribution in [0.1, 0.15) is 18.1 Å². The first-order valence-electron chi connectivity index (χ1n) is 11.4. The number of aromatic hydroxyl groups is 1. The van der Waals surface area contributed by atoms with Gasteiger partial charge < -0.3 is 14.6 Å². The van der Waals surface area contributed by atoms with Crippen LogP contribution in [-0.2, 0) is 4.79 Å². The number of hydrogen-bond acceptors (Lipinski definition) is 8. The second-order valence-corrected chi connectivity index (χ2v) is 9.06. The van der Waals surface area contributed by atoms with Crippen LogP contribution in [-0.4, -0.2) is 51.5 Å². The molecule has 1 amide bonds. The van der Waals surface area contributed by atoms with Gasteiger partial charge in [-0.15, -0.1) is 10.2 Å². The van der Waals surface area contributed by atoms with Gasteiger partial charge in [-0.2, -0.15) is 5.10 Å². The van der Waals surface area contributed by atoms with E-state index in [2.05, 4.69) is 20.7 Å². The predicted molar refractivity (Wildman–Crippen MR) is 144 cm³/mol. The van der Waals surface area contributed by atoms with Crippen molar-refractivity contribution in [2.75, 3.05) is 20.0 Å². The number of nitrogens with zero attached hydrogens (tertiary/aromatic N) is 4. The van der Waals surface area contributed by atoms with Crippen molar-refractivity contribution in [2.24, 2.45) is 5.10 Å². The van der Waals surface area contributed by atoms with Crippen LogP contribution >= 0.6 is 11.8 Å². The Balaban J connectivity index is 1.52. The SMILES string of the molecule is COc1ccc(-c2nnc(SCC(=O)N/N=C(\C)c3ccc(O)c(OC)c3)n2-c2ccc(C)cc2)cc1. The minimum Gasteiger partial charge on any atom is -0.504 e. The van der Waals surface area contributed by atoms with Gasteiger partial charge >= 0.3 is 0 Å². The Kier molecular flexibility index (Phi) is 8.09. The molecule has 0 aliphatic heterocycles. The lowest BCUT2D eigenvalue weighted by molar-refractivity contribution is -0.118. The smallest absolute Gasteiger partial charge is 0.250 e. The third-order valence-electron chi connectivity index (χ3n) is 5.55. The summed E-state index contributed by atoms with van der Waals surface area (Å²) < 4.78 is 12.3. The third kappa shape index (κ3) is 6.10. The molecular weight excluding hydrogens is 490 g/mol. The molecule has 0 unspecified atom stereocenters. The first kappa shape index (κ1) is 25.8. The second-order valence-electron chi connectivity index (χ2n) is 8.11. The number of rotatable bonds is 9. The number of nitrogens with one attached hydrogen (secondary N) is 1. The molecule has 1 heterocycles. The highest BCUT2D eigenvalue weighted by Crippen LogP contribution is 2.29. The summed E-state index contributed by atoms with van der Waals surface area (Å²) in [5, 5.41) is 23.3. The van der Waals surface area contributed by atoms with Gasteiger partial charge in [0, 0.05) is 16.8 Å². The van der Waals surface area contributed by atoms with Crippen molar-refractivity contribution in [1.82, 2.24) is 20.2 Å². The van der Waals surface area contributed by atoms with Gasteiger partial charge in [0.2, 0.25) is 0 Å². The number of carbonyl (C=O) groups excluding carboxylic acids is 1. The Morgan fingerprint density at radius 2 is 1.76 bits per heavy atom. The van der Waals surface area contributed by atoms with Gasteiger partial charge in [-0.05, 0) is 68.4 Å². The molecule has 0 saturated heterocycles. The molecule has 0 radical (unpaired) electrons. The monoisotopic (exact) mass is 517 g/mol.